The molecule has 0 aromatic carbocycles. The minimum atomic E-state index is -0.0356. The second-order valence-corrected chi connectivity index (χ2v) is 5.48. The van der Waals surface area contributed by atoms with Crippen molar-refractivity contribution in [2.24, 2.45) is 13.0 Å². The van der Waals surface area contributed by atoms with E-state index in [1.54, 1.807) is 17.1 Å². The number of carbonyl (C=O) groups is 1. The van der Waals surface area contributed by atoms with Gasteiger partial charge in [0.15, 0.2) is 0 Å². The third-order valence-corrected chi connectivity index (χ3v) is 4.35. The van der Waals surface area contributed by atoms with E-state index in [1.807, 2.05) is 7.05 Å². The Kier molecular flexibility index (Phi) is 3.63. The summed E-state index contributed by atoms with van der Waals surface area (Å²) in [6, 6.07) is 0. The maximum atomic E-state index is 11.8. The molecule has 1 saturated carbocycles. The van der Waals surface area contributed by atoms with Crippen molar-refractivity contribution in [3.05, 3.63) is 18.2 Å². The van der Waals surface area contributed by atoms with Crippen LogP contribution in [0.25, 0.3) is 0 Å². The largest absolute Gasteiger partial charge is 0.350 e. The van der Waals surface area contributed by atoms with Crippen molar-refractivity contribution < 1.29 is 4.79 Å². The van der Waals surface area contributed by atoms with Gasteiger partial charge in [-0.2, -0.15) is 0 Å². The first kappa shape index (κ1) is 11.6. The zero-order valence-electron chi connectivity index (χ0n) is 9.32. The van der Waals surface area contributed by atoms with Crippen LogP contribution in [0.1, 0.15) is 29.8 Å². The van der Waals surface area contributed by atoms with Gasteiger partial charge in [0.1, 0.15) is 5.69 Å². The summed E-state index contributed by atoms with van der Waals surface area (Å²) in [6.07, 6.45) is 6.89. The predicted octanol–water partition coefficient (Wildman–Crippen LogP) is 1.71. The van der Waals surface area contributed by atoms with Gasteiger partial charge in [0, 0.05) is 18.4 Å². The van der Waals surface area contributed by atoms with Gasteiger partial charge in [-0.3, -0.25) is 4.79 Å². The number of rotatable bonds is 3. The van der Waals surface area contributed by atoms with Crippen molar-refractivity contribution in [2.45, 2.75) is 24.1 Å². The van der Waals surface area contributed by atoms with Crippen LogP contribution in [-0.2, 0) is 7.05 Å². The summed E-state index contributed by atoms with van der Waals surface area (Å²) in [6.45, 7) is 0.750. The smallest absolute Gasteiger partial charge is 0.269 e. The number of nitrogens with one attached hydrogen (secondary N) is 1. The summed E-state index contributed by atoms with van der Waals surface area (Å²) in [5.41, 5.74) is 0.615. The standard InChI is InChI=1S/C11H16BrN3O/c1-15-7-13-6-10(15)11(16)14-5-8-3-2-4-9(8)12/h6-9H,2-5H2,1H3,(H,14,16). The molecule has 2 rings (SSSR count). The van der Waals surface area contributed by atoms with Crippen molar-refractivity contribution in [1.29, 1.82) is 0 Å². The Bertz CT molecular complexity index is 377. The van der Waals surface area contributed by atoms with Crippen LogP contribution in [0.3, 0.4) is 0 Å². The van der Waals surface area contributed by atoms with E-state index in [9.17, 15) is 4.79 Å². The third kappa shape index (κ3) is 2.45. The van der Waals surface area contributed by atoms with Crippen LogP contribution < -0.4 is 5.32 Å². The fourth-order valence-corrected chi connectivity index (χ4v) is 2.89. The van der Waals surface area contributed by atoms with Gasteiger partial charge in [0.25, 0.3) is 5.91 Å². The molecule has 2 atom stereocenters. The van der Waals surface area contributed by atoms with Crippen molar-refractivity contribution in [3.63, 3.8) is 0 Å². The van der Waals surface area contributed by atoms with Crippen molar-refractivity contribution in [3.8, 4) is 0 Å². The van der Waals surface area contributed by atoms with E-state index in [0.29, 0.717) is 16.4 Å². The molecule has 16 heavy (non-hydrogen) atoms. The van der Waals surface area contributed by atoms with Crippen LogP contribution in [0.15, 0.2) is 12.5 Å². The lowest BCUT2D eigenvalue weighted by Gasteiger charge is -2.14. The Morgan fingerprint density at radius 1 is 1.69 bits per heavy atom. The van der Waals surface area contributed by atoms with Gasteiger partial charge < -0.3 is 9.88 Å². The Hall–Kier alpha value is -0.840. The Morgan fingerprint density at radius 3 is 3.06 bits per heavy atom. The monoisotopic (exact) mass is 285 g/mol. The third-order valence-electron chi connectivity index (χ3n) is 3.14. The summed E-state index contributed by atoms with van der Waals surface area (Å²) in [4.78, 5) is 16.3. The molecule has 1 fully saturated rings. The molecular formula is C11H16BrN3O. The lowest BCUT2D eigenvalue weighted by Crippen LogP contribution is -2.31. The van der Waals surface area contributed by atoms with Gasteiger partial charge in [0.2, 0.25) is 0 Å². The first-order valence-electron chi connectivity index (χ1n) is 5.57. The molecule has 1 aromatic rings. The molecule has 1 aromatic heterocycles. The van der Waals surface area contributed by atoms with Crippen molar-refractivity contribution >= 4 is 21.8 Å². The number of hydrogen-bond acceptors (Lipinski definition) is 2. The molecule has 1 heterocycles. The lowest BCUT2D eigenvalue weighted by molar-refractivity contribution is 0.0939. The number of amides is 1. The van der Waals surface area contributed by atoms with Crippen LogP contribution >= 0.6 is 15.9 Å². The summed E-state index contributed by atoms with van der Waals surface area (Å²) in [7, 11) is 1.82. The maximum absolute atomic E-state index is 11.8. The second-order valence-electron chi connectivity index (χ2n) is 4.31. The van der Waals surface area contributed by atoms with Crippen LogP contribution in [0.2, 0.25) is 0 Å². The molecule has 88 valence electrons. The first-order valence-corrected chi connectivity index (χ1v) is 6.48. The minimum Gasteiger partial charge on any atom is -0.350 e. The molecule has 0 aliphatic heterocycles. The maximum Gasteiger partial charge on any atom is 0.269 e. The average molecular weight is 286 g/mol. The van der Waals surface area contributed by atoms with Gasteiger partial charge in [-0.05, 0) is 18.8 Å². The van der Waals surface area contributed by atoms with E-state index in [1.165, 1.54) is 19.3 Å². The molecule has 0 bridgehead atoms. The number of halogens is 1. The summed E-state index contributed by atoms with van der Waals surface area (Å²) >= 11 is 3.65. The fourth-order valence-electron chi connectivity index (χ4n) is 2.11. The van der Waals surface area contributed by atoms with Crippen molar-refractivity contribution in [1.82, 2.24) is 14.9 Å². The van der Waals surface area contributed by atoms with E-state index in [0.717, 1.165) is 6.54 Å². The highest BCUT2D eigenvalue weighted by Crippen LogP contribution is 2.30. The second kappa shape index (κ2) is 4.99. The Balaban J connectivity index is 1.86. The Morgan fingerprint density at radius 2 is 2.50 bits per heavy atom. The van der Waals surface area contributed by atoms with Gasteiger partial charge >= 0.3 is 0 Å². The molecule has 4 nitrogen and oxygen atoms in total. The SMILES string of the molecule is Cn1cncc1C(=O)NCC1CCCC1Br. The average Bonchev–Trinajstić information content (AvgIpc) is 2.84. The molecule has 1 aliphatic rings. The summed E-state index contributed by atoms with van der Waals surface area (Å²) in [5, 5.41) is 2.97. The van der Waals surface area contributed by atoms with E-state index < -0.39 is 0 Å². The van der Waals surface area contributed by atoms with E-state index in [2.05, 4.69) is 26.2 Å². The number of hydrogen-bond donors (Lipinski definition) is 1. The van der Waals surface area contributed by atoms with Crippen LogP contribution in [0.5, 0.6) is 0 Å². The molecule has 1 amide bonds. The number of aryl methyl sites for hydroxylation is 1. The highest BCUT2D eigenvalue weighted by molar-refractivity contribution is 9.09. The van der Waals surface area contributed by atoms with Crippen LogP contribution in [0, 0.1) is 5.92 Å². The quantitative estimate of drug-likeness (QED) is 0.860. The molecule has 1 N–H and O–H groups in total. The summed E-state index contributed by atoms with van der Waals surface area (Å²) < 4.78 is 1.73. The van der Waals surface area contributed by atoms with E-state index >= 15 is 0 Å². The Labute approximate surface area is 104 Å². The number of nitrogens with zero attached hydrogens (tertiary/aromatic N) is 2. The highest BCUT2D eigenvalue weighted by atomic mass is 79.9. The minimum absolute atomic E-state index is 0.0356. The molecule has 0 radical (unpaired) electrons. The number of aromatic nitrogens is 2. The molecule has 1 aliphatic carbocycles. The number of imidazole rings is 1. The molecule has 2 unspecified atom stereocenters. The number of alkyl halides is 1. The van der Waals surface area contributed by atoms with Crippen LogP contribution in [0.4, 0.5) is 0 Å². The number of carbonyl (C=O) groups excluding carboxylic acids is 1. The zero-order valence-corrected chi connectivity index (χ0v) is 10.9. The zero-order chi connectivity index (χ0) is 11.5. The molecule has 0 saturated heterocycles. The van der Waals surface area contributed by atoms with Gasteiger partial charge in [-0.1, -0.05) is 22.4 Å². The van der Waals surface area contributed by atoms with Gasteiger partial charge in [-0.25, -0.2) is 4.98 Å². The molecular weight excluding hydrogens is 270 g/mol. The van der Waals surface area contributed by atoms with E-state index in [-0.39, 0.29) is 5.91 Å². The normalized spacial score (nSPS) is 24.6. The predicted molar refractivity (Wildman–Crippen MR) is 65.6 cm³/mol. The lowest BCUT2D eigenvalue weighted by atomic mass is 10.1. The fraction of sp³-hybridized carbons (Fsp3) is 0.636. The van der Waals surface area contributed by atoms with E-state index in [4.69, 9.17) is 0 Å². The summed E-state index contributed by atoms with van der Waals surface area (Å²) in [5.74, 6) is 0.531. The first-order chi connectivity index (χ1) is 7.68. The van der Waals surface area contributed by atoms with Crippen LogP contribution in [-0.4, -0.2) is 26.8 Å². The molecule has 5 heteroatoms. The van der Waals surface area contributed by atoms with Gasteiger partial charge in [-0.15, -0.1) is 0 Å². The highest BCUT2D eigenvalue weighted by Gasteiger charge is 2.25. The van der Waals surface area contributed by atoms with Crippen molar-refractivity contribution in [2.75, 3.05) is 6.54 Å². The topological polar surface area (TPSA) is 46.9 Å². The van der Waals surface area contributed by atoms with Gasteiger partial charge in [0.05, 0.1) is 12.5 Å². The molecule has 0 spiro atoms.